The normalized spacial score (nSPS) is 15.8. The Hall–Kier alpha value is -1.65. The van der Waals surface area contributed by atoms with E-state index in [4.69, 9.17) is 0 Å². The van der Waals surface area contributed by atoms with E-state index in [1.165, 1.54) is 19.9 Å². The van der Waals surface area contributed by atoms with E-state index >= 15 is 0 Å². The van der Waals surface area contributed by atoms with Crippen LogP contribution in [-0.4, -0.2) is 19.0 Å². The molecule has 1 fully saturated rings. The summed E-state index contributed by atoms with van der Waals surface area (Å²) in [7, 11) is 1.43. The van der Waals surface area contributed by atoms with Gasteiger partial charge in [-0.05, 0) is 30.9 Å². The number of benzene rings is 1. The van der Waals surface area contributed by atoms with Crippen LogP contribution in [0.1, 0.15) is 43.0 Å². The lowest BCUT2D eigenvalue weighted by Crippen LogP contribution is -2.34. The molecule has 1 amide bonds. The first-order valence-corrected chi connectivity index (χ1v) is 7.02. The highest BCUT2D eigenvalue weighted by atomic mass is 19.1. The van der Waals surface area contributed by atoms with Crippen molar-refractivity contribution in [3.8, 4) is 0 Å². The number of anilines is 1. The number of carbonyl (C=O) groups is 1. The summed E-state index contributed by atoms with van der Waals surface area (Å²) in [5, 5.41) is 5.29. The Kier molecular flexibility index (Phi) is 4.57. The smallest absolute Gasteiger partial charge is 0.251 e. The molecule has 0 aliphatic heterocycles. The quantitative estimate of drug-likeness (QED) is 0.840. The maximum absolute atomic E-state index is 13.6. The number of amides is 1. The van der Waals surface area contributed by atoms with Crippen LogP contribution in [0.4, 0.5) is 14.5 Å². The highest BCUT2D eigenvalue weighted by molar-refractivity contribution is 5.94. The van der Waals surface area contributed by atoms with Gasteiger partial charge in [0.25, 0.3) is 5.91 Å². The zero-order valence-corrected chi connectivity index (χ0v) is 11.8. The molecule has 1 unspecified atom stereocenters. The fourth-order valence-corrected chi connectivity index (χ4v) is 2.30. The van der Waals surface area contributed by atoms with Crippen LogP contribution in [0.25, 0.3) is 0 Å². The Bertz CT molecular complexity index is 478. The molecule has 0 radical (unpaired) electrons. The molecule has 3 nitrogen and oxygen atoms in total. The van der Waals surface area contributed by atoms with Crippen LogP contribution in [0.15, 0.2) is 12.1 Å². The zero-order chi connectivity index (χ0) is 14.7. The molecule has 1 saturated carbocycles. The third-order valence-corrected chi connectivity index (χ3v) is 3.70. The molecule has 2 rings (SSSR count). The van der Waals surface area contributed by atoms with E-state index < -0.39 is 17.5 Å². The maximum Gasteiger partial charge on any atom is 0.251 e. The number of hydrogen-bond donors (Lipinski definition) is 2. The molecule has 0 spiro atoms. The van der Waals surface area contributed by atoms with Gasteiger partial charge in [0.15, 0.2) is 0 Å². The summed E-state index contributed by atoms with van der Waals surface area (Å²) in [6, 6.07) is 2.20. The summed E-state index contributed by atoms with van der Waals surface area (Å²) in [5.41, 5.74) is -0.195. The fraction of sp³-hybridized carbons (Fsp3) is 0.533. The first kappa shape index (κ1) is 14.8. The van der Waals surface area contributed by atoms with Gasteiger partial charge in [0.05, 0.1) is 0 Å². The average molecular weight is 282 g/mol. The Morgan fingerprint density at radius 1 is 1.35 bits per heavy atom. The van der Waals surface area contributed by atoms with E-state index in [1.54, 1.807) is 0 Å². The summed E-state index contributed by atoms with van der Waals surface area (Å²) in [6.07, 6.45) is 4.20. The van der Waals surface area contributed by atoms with Gasteiger partial charge in [0, 0.05) is 18.7 Å². The standard InChI is InChI=1S/C15H20F2N2O/c1-3-11(6-9-4-5-9)19-15(20)10-7-12(16)14(18-2)13(17)8-10/h7-9,11,18H,3-6H2,1-2H3,(H,19,20). The zero-order valence-electron chi connectivity index (χ0n) is 11.8. The van der Waals surface area contributed by atoms with E-state index in [1.807, 2.05) is 6.92 Å². The minimum absolute atomic E-state index is 0.0215. The molecule has 1 aromatic rings. The molecular formula is C15H20F2N2O. The number of rotatable bonds is 6. The lowest BCUT2D eigenvalue weighted by atomic mass is 10.1. The summed E-state index contributed by atoms with van der Waals surface area (Å²) in [5.74, 6) is -1.24. The molecule has 1 aliphatic rings. The molecule has 1 aromatic carbocycles. The lowest BCUT2D eigenvalue weighted by Gasteiger charge is -2.17. The number of nitrogens with one attached hydrogen (secondary N) is 2. The first-order valence-electron chi connectivity index (χ1n) is 7.02. The predicted octanol–water partition coefficient (Wildman–Crippen LogP) is 3.32. The third kappa shape index (κ3) is 3.46. The minimum Gasteiger partial charge on any atom is -0.383 e. The molecule has 0 saturated heterocycles. The minimum atomic E-state index is -0.757. The van der Waals surface area contributed by atoms with E-state index in [9.17, 15) is 13.6 Å². The molecule has 1 aliphatic carbocycles. The van der Waals surface area contributed by atoms with Crippen LogP contribution in [0.5, 0.6) is 0 Å². The lowest BCUT2D eigenvalue weighted by molar-refractivity contribution is 0.0932. The average Bonchev–Trinajstić information content (AvgIpc) is 3.21. The molecule has 0 bridgehead atoms. The van der Waals surface area contributed by atoms with Crippen molar-refractivity contribution in [2.24, 2.45) is 5.92 Å². The Morgan fingerprint density at radius 3 is 2.40 bits per heavy atom. The monoisotopic (exact) mass is 282 g/mol. The van der Waals surface area contributed by atoms with Gasteiger partial charge in [-0.1, -0.05) is 19.8 Å². The van der Waals surface area contributed by atoms with Gasteiger partial charge in [-0.3, -0.25) is 4.79 Å². The van der Waals surface area contributed by atoms with Crippen LogP contribution in [0.2, 0.25) is 0 Å². The first-order chi connectivity index (χ1) is 9.55. The van der Waals surface area contributed by atoms with Crippen LogP contribution < -0.4 is 10.6 Å². The van der Waals surface area contributed by atoms with Crippen LogP contribution in [-0.2, 0) is 0 Å². The second kappa shape index (κ2) is 6.20. The van der Waals surface area contributed by atoms with Crippen LogP contribution in [0.3, 0.4) is 0 Å². The van der Waals surface area contributed by atoms with E-state index in [2.05, 4.69) is 10.6 Å². The van der Waals surface area contributed by atoms with Crippen molar-refractivity contribution in [2.75, 3.05) is 12.4 Å². The van der Waals surface area contributed by atoms with E-state index in [0.717, 1.165) is 25.0 Å². The molecule has 1 atom stereocenters. The maximum atomic E-state index is 13.6. The SMILES string of the molecule is CCC(CC1CC1)NC(=O)c1cc(F)c(NC)c(F)c1. The molecule has 0 heterocycles. The number of halogens is 2. The van der Waals surface area contributed by atoms with Crippen molar-refractivity contribution < 1.29 is 13.6 Å². The van der Waals surface area contributed by atoms with Crippen molar-refractivity contribution in [1.29, 1.82) is 0 Å². The van der Waals surface area contributed by atoms with Gasteiger partial charge in [0.2, 0.25) is 0 Å². The van der Waals surface area contributed by atoms with Crippen molar-refractivity contribution in [3.63, 3.8) is 0 Å². The van der Waals surface area contributed by atoms with Crippen molar-refractivity contribution in [3.05, 3.63) is 29.3 Å². The van der Waals surface area contributed by atoms with Crippen molar-refractivity contribution >= 4 is 11.6 Å². The van der Waals surface area contributed by atoms with Crippen LogP contribution >= 0.6 is 0 Å². The van der Waals surface area contributed by atoms with Crippen molar-refractivity contribution in [2.45, 2.75) is 38.6 Å². The van der Waals surface area contributed by atoms with Gasteiger partial charge in [-0.2, -0.15) is 0 Å². The molecule has 20 heavy (non-hydrogen) atoms. The van der Waals surface area contributed by atoms with Gasteiger partial charge >= 0.3 is 0 Å². The molecule has 5 heteroatoms. The third-order valence-electron chi connectivity index (χ3n) is 3.70. The van der Waals surface area contributed by atoms with E-state index in [0.29, 0.717) is 5.92 Å². The van der Waals surface area contributed by atoms with Gasteiger partial charge in [-0.15, -0.1) is 0 Å². The Labute approximate surface area is 117 Å². The van der Waals surface area contributed by atoms with Gasteiger partial charge in [-0.25, -0.2) is 8.78 Å². The largest absolute Gasteiger partial charge is 0.383 e. The highest BCUT2D eigenvalue weighted by Gasteiger charge is 2.26. The molecule has 2 N–H and O–H groups in total. The summed E-state index contributed by atoms with van der Waals surface area (Å²) < 4.78 is 27.3. The second-order valence-corrected chi connectivity index (χ2v) is 5.32. The topological polar surface area (TPSA) is 41.1 Å². The van der Waals surface area contributed by atoms with Crippen molar-refractivity contribution in [1.82, 2.24) is 5.32 Å². The van der Waals surface area contributed by atoms with E-state index in [-0.39, 0.29) is 17.3 Å². The number of hydrogen-bond acceptors (Lipinski definition) is 2. The summed E-state index contributed by atoms with van der Waals surface area (Å²) in [4.78, 5) is 12.1. The Morgan fingerprint density at radius 2 is 1.95 bits per heavy atom. The predicted molar refractivity (Wildman–Crippen MR) is 74.8 cm³/mol. The van der Waals surface area contributed by atoms with Crippen LogP contribution in [0, 0.1) is 17.6 Å². The second-order valence-electron chi connectivity index (χ2n) is 5.32. The van der Waals surface area contributed by atoms with Gasteiger partial charge < -0.3 is 10.6 Å². The molecule has 110 valence electrons. The highest BCUT2D eigenvalue weighted by Crippen LogP contribution is 2.34. The molecule has 0 aromatic heterocycles. The van der Waals surface area contributed by atoms with Gasteiger partial charge in [0.1, 0.15) is 17.3 Å². The molecular weight excluding hydrogens is 262 g/mol. The summed E-state index contributed by atoms with van der Waals surface area (Å²) >= 11 is 0. The Balaban J connectivity index is 2.07. The number of carbonyl (C=O) groups excluding carboxylic acids is 1. The fourth-order valence-electron chi connectivity index (χ4n) is 2.30. The summed E-state index contributed by atoms with van der Waals surface area (Å²) in [6.45, 7) is 2.00.